The Kier molecular flexibility index (Phi) is 4.74. The number of fused-ring (bicyclic) bond motifs is 1. The van der Waals surface area contributed by atoms with Crippen molar-refractivity contribution in [2.45, 2.75) is 32.0 Å². The fourth-order valence-corrected chi connectivity index (χ4v) is 3.48. The first-order valence-corrected chi connectivity index (χ1v) is 8.95. The van der Waals surface area contributed by atoms with E-state index in [0.717, 1.165) is 24.2 Å². The van der Waals surface area contributed by atoms with Gasteiger partial charge in [-0.1, -0.05) is 17.7 Å². The second-order valence-corrected chi connectivity index (χ2v) is 6.89. The Balaban J connectivity index is 1.57. The topological polar surface area (TPSA) is 65.8 Å². The van der Waals surface area contributed by atoms with Crippen LogP contribution in [0.1, 0.15) is 24.1 Å². The normalized spacial score (nSPS) is 18.3. The maximum atomic E-state index is 13.0. The Hall–Kier alpha value is -2.25. The predicted octanol–water partition coefficient (Wildman–Crippen LogP) is 2.51. The molecular weight excluding hydrogens is 358 g/mol. The van der Waals surface area contributed by atoms with E-state index in [1.54, 1.807) is 22.8 Å². The number of benzene rings is 1. The quantitative estimate of drug-likeness (QED) is 0.801. The monoisotopic (exact) mass is 377 g/mol. The minimum atomic E-state index is -0.397. The maximum Gasteiger partial charge on any atom is 0.252 e. The minimum Gasteiger partial charge on any atom is -0.454 e. The summed E-state index contributed by atoms with van der Waals surface area (Å²) in [4.78, 5) is 14.7. The molecule has 1 amide bonds. The van der Waals surface area contributed by atoms with Gasteiger partial charge in [0.05, 0.1) is 11.6 Å². The van der Waals surface area contributed by atoms with Gasteiger partial charge >= 0.3 is 0 Å². The zero-order valence-electron chi connectivity index (χ0n) is 14.5. The van der Waals surface area contributed by atoms with Crippen LogP contribution in [-0.4, -0.2) is 40.1 Å². The third kappa shape index (κ3) is 3.50. The molecule has 1 unspecified atom stereocenters. The number of carbonyl (C=O) groups is 1. The fourth-order valence-electron chi connectivity index (χ4n) is 3.24. The van der Waals surface area contributed by atoms with Crippen LogP contribution in [0.3, 0.4) is 0 Å². The van der Waals surface area contributed by atoms with Gasteiger partial charge in [0.15, 0.2) is 11.5 Å². The molecule has 3 heterocycles. The van der Waals surface area contributed by atoms with Crippen LogP contribution in [0.25, 0.3) is 0 Å². The van der Waals surface area contributed by atoms with Crippen LogP contribution < -0.4 is 9.47 Å². The van der Waals surface area contributed by atoms with Crippen molar-refractivity contribution in [1.29, 1.82) is 0 Å². The number of rotatable bonds is 5. The van der Waals surface area contributed by atoms with Crippen molar-refractivity contribution in [3.05, 3.63) is 40.7 Å². The summed E-state index contributed by atoms with van der Waals surface area (Å²) in [7, 11) is 1.81. The van der Waals surface area contributed by atoms with Crippen LogP contribution in [0.15, 0.2) is 24.4 Å². The van der Waals surface area contributed by atoms with Crippen LogP contribution in [-0.2, 0) is 29.7 Å². The number of halogens is 1. The molecule has 0 N–H and O–H groups in total. The molecule has 8 heteroatoms. The lowest BCUT2D eigenvalue weighted by molar-refractivity contribution is -0.142. The van der Waals surface area contributed by atoms with Gasteiger partial charge in [-0.2, -0.15) is 5.10 Å². The molecule has 2 aliphatic rings. The third-order valence-electron chi connectivity index (χ3n) is 4.52. The molecule has 1 aromatic carbocycles. The minimum absolute atomic E-state index is 0.0399. The van der Waals surface area contributed by atoms with E-state index in [1.165, 1.54) is 0 Å². The molecule has 0 bridgehead atoms. The number of ether oxygens (including phenoxy) is 3. The lowest BCUT2D eigenvalue weighted by atomic mass is 10.1. The number of aromatic nitrogens is 2. The highest BCUT2D eigenvalue weighted by atomic mass is 35.5. The maximum absolute atomic E-state index is 13.0. The number of hydrogen-bond donors (Lipinski definition) is 0. The second kappa shape index (κ2) is 7.17. The molecule has 0 aliphatic carbocycles. The van der Waals surface area contributed by atoms with E-state index in [4.69, 9.17) is 25.8 Å². The molecule has 1 aromatic heterocycles. The fraction of sp³-hybridized carbons (Fsp3) is 0.444. The van der Waals surface area contributed by atoms with Crippen molar-refractivity contribution < 1.29 is 19.0 Å². The number of carbonyl (C=O) groups excluding carboxylic acids is 1. The van der Waals surface area contributed by atoms with Crippen LogP contribution in [0.5, 0.6) is 11.5 Å². The highest BCUT2D eigenvalue weighted by Crippen LogP contribution is 2.33. The molecule has 0 spiro atoms. The Morgan fingerprint density at radius 2 is 2.19 bits per heavy atom. The van der Waals surface area contributed by atoms with E-state index in [9.17, 15) is 4.79 Å². The van der Waals surface area contributed by atoms with Crippen molar-refractivity contribution in [3.8, 4) is 11.5 Å². The summed E-state index contributed by atoms with van der Waals surface area (Å²) in [5.41, 5.74) is 1.62. The van der Waals surface area contributed by atoms with Crippen LogP contribution in [0.4, 0.5) is 0 Å². The molecule has 0 radical (unpaired) electrons. The molecule has 138 valence electrons. The van der Waals surface area contributed by atoms with Gasteiger partial charge in [-0.15, -0.1) is 0 Å². The lowest BCUT2D eigenvalue weighted by Crippen LogP contribution is -2.38. The molecule has 2 aliphatic heterocycles. The van der Waals surface area contributed by atoms with E-state index >= 15 is 0 Å². The molecule has 0 saturated carbocycles. The molecule has 1 fully saturated rings. The molecule has 2 aromatic rings. The predicted molar refractivity (Wildman–Crippen MR) is 94.0 cm³/mol. The Morgan fingerprint density at radius 3 is 2.92 bits per heavy atom. The second-order valence-electron chi connectivity index (χ2n) is 6.48. The Morgan fingerprint density at radius 1 is 1.35 bits per heavy atom. The molecule has 4 rings (SSSR count). The van der Waals surface area contributed by atoms with Crippen molar-refractivity contribution >= 4 is 17.5 Å². The number of hydrogen-bond acceptors (Lipinski definition) is 5. The summed E-state index contributed by atoms with van der Waals surface area (Å²) in [6, 6.07) is 5.70. The molecule has 7 nitrogen and oxygen atoms in total. The van der Waals surface area contributed by atoms with E-state index < -0.39 is 6.10 Å². The van der Waals surface area contributed by atoms with Crippen molar-refractivity contribution in [1.82, 2.24) is 14.7 Å². The number of amides is 1. The van der Waals surface area contributed by atoms with Crippen molar-refractivity contribution in [2.24, 2.45) is 7.05 Å². The van der Waals surface area contributed by atoms with Crippen LogP contribution in [0.2, 0.25) is 5.02 Å². The van der Waals surface area contributed by atoms with Gasteiger partial charge in [0, 0.05) is 26.4 Å². The molecule has 26 heavy (non-hydrogen) atoms. The number of nitrogens with zero attached hydrogens (tertiary/aromatic N) is 3. The first kappa shape index (κ1) is 17.2. The van der Waals surface area contributed by atoms with Gasteiger partial charge in [-0.3, -0.25) is 9.48 Å². The van der Waals surface area contributed by atoms with Crippen molar-refractivity contribution in [3.63, 3.8) is 0 Å². The average molecular weight is 378 g/mol. The highest BCUT2D eigenvalue weighted by Gasteiger charge is 2.29. The summed E-state index contributed by atoms with van der Waals surface area (Å²) in [6.07, 6.45) is 2.98. The lowest BCUT2D eigenvalue weighted by Gasteiger charge is -2.25. The largest absolute Gasteiger partial charge is 0.454 e. The summed E-state index contributed by atoms with van der Waals surface area (Å²) in [6.45, 7) is 1.59. The Bertz CT molecular complexity index is 817. The summed E-state index contributed by atoms with van der Waals surface area (Å²) in [5.74, 6) is 1.38. The van der Waals surface area contributed by atoms with Gasteiger partial charge in [-0.25, -0.2) is 0 Å². The first-order valence-electron chi connectivity index (χ1n) is 8.57. The standard InChI is InChI=1S/C18H20ClN3O4/c1-21-9-13(19)14(20-21)10-22(18(23)16-3-2-6-24-16)8-12-4-5-15-17(7-12)26-11-25-15/h4-5,7,9,16H,2-3,6,8,10-11H2,1H3. The van der Waals surface area contributed by atoms with E-state index in [0.29, 0.717) is 36.2 Å². The van der Waals surface area contributed by atoms with Gasteiger partial charge in [0.1, 0.15) is 11.8 Å². The van der Waals surface area contributed by atoms with Crippen molar-refractivity contribution in [2.75, 3.05) is 13.4 Å². The summed E-state index contributed by atoms with van der Waals surface area (Å²) < 4.78 is 18.0. The number of aryl methyl sites for hydroxylation is 1. The van der Waals surface area contributed by atoms with Gasteiger partial charge in [0.25, 0.3) is 5.91 Å². The SMILES string of the molecule is Cn1cc(Cl)c(CN(Cc2ccc3c(c2)OCO3)C(=O)C2CCCO2)n1. The third-order valence-corrected chi connectivity index (χ3v) is 4.84. The molecular formula is C18H20ClN3O4. The summed E-state index contributed by atoms with van der Waals surface area (Å²) in [5, 5.41) is 4.91. The first-order chi connectivity index (χ1) is 12.6. The molecule has 1 saturated heterocycles. The van der Waals surface area contributed by atoms with Crippen LogP contribution in [0, 0.1) is 0 Å². The molecule has 1 atom stereocenters. The smallest absolute Gasteiger partial charge is 0.252 e. The van der Waals surface area contributed by atoms with Gasteiger partial charge in [-0.05, 0) is 30.5 Å². The van der Waals surface area contributed by atoms with E-state index in [1.807, 2.05) is 18.2 Å². The average Bonchev–Trinajstić information content (AvgIpc) is 3.35. The van der Waals surface area contributed by atoms with Gasteiger partial charge in [0.2, 0.25) is 6.79 Å². The van der Waals surface area contributed by atoms with E-state index in [2.05, 4.69) is 5.10 Å². The highest BCUT2D eigenvalue weighted by molar-refractivity contribution is 6.31. The summed E-state index contributed by atoms with van der Waals surface area (Å²) >= 11 is 6.24. The van der Waals surface area contributed by atoms with E-state index in [-0.39, 0.29) is 12.7 Å². The zero-order valence-corrected chi connectivity index (χ0v) is 15.2. The Labute approximate surface area is 156 Å². The van der Waals surface area contributed by atoms with Gasteiger partial charge < -0.3 is 19.1 Å². The van der Waals surface area contributed by atoms with Crippen LogP contribution >= 0.6 is 11.6 Å². The zero-order chi connectivity index (χ0) is 18.1.